The van der Waals surface area contributed by atoms with Gasteiger partial charge in [0.15, 0.2) is 0 Å². The van der Waals surface area contributed by atoms with E-state index in [1.165, 1.54) is 4.70 Å². The average Bonchev–Trinajstić information content (AvgIpc) is 2.90. The number of rotatable bonds is 7. The van der Waals surface area contributed by atoms with Gasteiger partial charge in [0.1, 0.15) is 5.01 Å². The molecule has 1 aromatic carbocycles. The maximum absolute atomic E-state index is 12.1. The molecule has 0 radical (unpaired) electrons. The Bertz CT molecular complexity index is 592. The maximum Gasteiger partial charge on any atom is 0.234 e. The summed E-state index contributed by atoms with van der Waals surface area (Å²) >= 11 is 1.70. The fourth-order valence-electron chi connectivity index (χ4n) is 2.45. The van der Waals surface area contributed by atoms with Crippen molar-refractivity contribution in [1.29, 1.82) is 0 Å². The molecule has 1 heterocycles. The van der Waals surface area contributed by atoms with Crippen LogP contribution in [0.1, 0.15) is 44.7 Å². The molecule has 1 N–H and O–H groups in total. The van der Waals surface area contributed by atoms with Crippen LogP contribution in [0.5, 0.6) is 0 Å². The highest BCUT2D eigenvalue weighted by molar-refractivity contribution is 7.18. The van der Waals surface area contributed by atoms with Crippen molar-refractivity contribution >= 4 is 27.5 Å². The van der Waals surface area contributed by atoms with Crippen molar-refractivity contribution in [2.24, 2.45) is 0 Å². The van der Waals surface area contributed by atoms with Crippen molar-refractivity contribution in [3.05, 3.63) is 29.3 Å². The molecule has 120 valence electrons. The van der Waals surface area contributed by atoms with Crippen LogP contribution in [0.15, 0.2) is 24.3 Å². The van der Waals surface area contributed by atoms with E-state index in [1.807, 2.05) is 30.1 Å². The van der Waals surface area contributed by atoms with Gasteiger partial charge < -0.3 is 5.32 Å². The summed E-state index contributed by atoms with van der Waals surface area (Å²) in [6.45, 7) is 6.67. The number of aromatic nitrogens is 1. The second-order valence-corrected chi connectivity index (χ2v) is 6.93. The van der Waals surface area contributed by atoms with Gasteiger partial charge in [0.25, 0.3) is 0 Å². The molecule has 0 bridgehead atoms. The summed E-state index contributed by atoms with van der Waals surface area (Å²) in [5.41, 5.74) is 1.03. The van der Waals surface area contributed by atoms with Crippen molar-refractivity contribution < 1.29 is 4.79 Å². The highest BCUT2D eigenvalue weighted by atomic mass is 32.1. The molecule has 0 aliphatic rings. The first kappa shape index (κ1) is 16.9. The average molecular weight is 319 g/mol. The molecule has 0 spiro atoms. The van der Waals surface area contributed by atoms with Gasteiger partial charge in [0.05, 0.1) is 22.8 Å². The quantitative estimate of drug-likeness (QED) is 0.848. The molecule has 5 heteroatoms. The summed E-state index contributed by atoms with van der Waals surface area (Å²) in [6.07, 6.45) is 2.10. The molecular weight excluding hydrogens is 294 g/mol. The number of benzene rings is 1. The molecule has 2 atom stereocenters. The summed E-state index contributed by atoms with van der Waals surface area (Å²) in [4.78, 5) is 18.8. The third kappa shape index (κ3) is 4.27. The van der Waals surface area contributed by atoms with Gasteiger partial charge >= 0.3 is 0 Å². The zero-order valence-electron chi connectivity index (χ0n) is 13.8. The van der Waals surface area contributed by atoms with Crippen LogP contribution in [0.3, 0.4) is 0 Å². The van der Waals surface area contributed by atoms with Gasteiger partial charge in [-0.2, -0.15) is 0 Å². The number of para-hydroxylation sites is 1. The zero-order chi connectivity index (χ0) is 16.1. The van der Waals surface area contributed by atoms with Crippen molar-refractivity contribution in [2.45, 2.75) is 45.7 Å². The van der Waals surface area contributed by atoms with Crippen molar-refractivity contribution in [3.8, 4) is 0 Å². The lowest BCUT2D eigenvalue weighted by molar-refractivity contribution is -0.123. The lowest BCUT2D eigenvalue weighted by Gasteiger charge is -2.23. The monoisotopic (exact) mass is 319 g/mol. The minimum Gasteiger partial charge on any atom is -0.353 e. The molecule has 2 aromatic rings. The summed E-state index contributed by atoms with van der Waals surface area (Å²) in [7, 11) is 1.97. The second-order valence-electron chi connectivity index (χ2n) is 5.87. The highest BCUT2D eigenvalue weighted by Gasteiger charge is 2.19. The summed E-state index contributed by atoms with van der Waals surface area (Å²) < 4.78 is 1.19. The van der Waals surface area contributed by atoms with E-state index in [-0.39, 0.29) is 18.0 Å². The van der Waals surface area contributed by atoms with Crippen LogP contribution in [0.4, 0.5) is 0 Å². The zero-order valence-corrected chi connectivity index (χ0v) is 14.6. The number of nitrogens with one attached hydrogen (secondary N) is 1. The van der Waals surface area contributed by atoms with E-state index in [0.29, 0.717) is 6.54 Å². The first-order chi connectivity index (χ1) is 10.5. The molecule has 2 rings (SSSR count). The van der Waals surface area contributed by atoms with Crippen LogP contribution in [0.2, 0.25) is 0 Å². The van der Waals surface area contributed by atoms with Crippen molar-refractivity contribution in [1.82, 2.24) is 15.2 Å². The van der Waals surface area contributed by atoms with Gasteiger partial charge in [-0.3, -0.25) is 9.69 Å². The molecule has 22 heavy (non-hydrogen) atoms. The third-order valence-corrected chi connectivity index (χ3v) is 5.06. The molecule has 0 aliphatic carbocycles. The van der Waals surface area contributed by atoms with Gasteiger partial charge in [0, 0.05) is 6.04 Å². The number of hydrogen-bond acceptors (Lipinski definition) is 4. The van der Waals surface area contributed by atoms with Crippen LogP contribution in [-0.2, 0) is 4.79 Å². The Labute approximate surface area is 136 Å². The predicted molar refractivity (Wildman–Crippen MR) is 93.2 cm³/mol. The normalized spacial score (nSPS) is 14.2. The fraction of sp³-hybridized carbons (Fsp3) is 0.529. The molecular formula is C17H25N3OS. The largest absolute Gasteiger partial charge is 0.353 e. The lowest BCUT2D eigenvalue weighted by atomic mass is 10.2. The van der Waals surface area contributed by atoms with E-state index < -0.39 is 0 Å². The first-order valence-corrected chi connectivity index (χ1v) is 8.68. The van der Waals surface area contributed by atoms with Crippen LogP contribution >= 0.6 is 11.3 Å². The Morgan fingerprint density at radius 2 is 2.09 bits per heavy atom. The molecule has 0 saturated carbocycles. The first-order valence-electron chi connectivity index (χ1n) is 7.86. The van der Waals surface area contributed by atoms with E-state index in [0.717, 1.165) is 23.4 Å². The predicted octanol–water partition coefficient (Wildman–Crippen LogP) is 3.59. The number of hydrogen-bond donors (Lipinski definition) is 1. The molecule has 1 amide bonds. The lowest BCUT2D eigenvalue weighted by Crippen LogP contribution is -2.40. The van der Waals surface area contributed by atoms with Crippen LogP contribution in [0.25, 0.3) is 10.2 Å². The van der Waals surface area contributed by atoms with Crippen LogP contribution in [0, 0.1) is 0 Å². The molecule has 0 unspecified atom stereocenters. The summed E-state index contributed by atoms with van der Waals surface area (Å²) in [6, 6.07) is 8.52. The van der Waals surface area contributed by atoms with Gasteiger partial charge in [-0.15, -0.1) is 11.3 Å². The van der Waals surface area contributed by atoms with E-state index >= 15 is 0 Å². The summed E-state index contributed by atoms with van der Waals surface area (Å²) in [5.74, 6) is 0.0800. The minimum absolute atomic E-state index is 0.0800. The number of nitrogens with zero attached hydrogens (tertiary/aromatic N) is 2. The number of thiazole rings is 1. The molecule has 0 saturated heterocycles. The number of amides is 1. The summed E-state index contributed by atoms with van der Waals surface area (Å²) in [5, 5.41) is 4.10. The van der Waals surface area contributed by atoms with Crippen LogP contribution < -0.4 is 5.32 Å². The van der Waals surface area contributed by atoms with E-state index in [2.05, 4.69) is 37.1 Å². The Balaban J connectivity index is 1.96. The van der Waals surface area contributed by atoms with Gasteiger partial charge in [-0.1, -0.05) is 25.5 Å². The second kappa shape index (κ2) is 7.70. The number of carbonyl (C=O) groups excluding carboxylic acids is 1. The minimum atomic E-state index is 0.0800. The van der Waals surface area contributed by atoms with E-state index in [4.69, 9.17) is 0 Å². The third-order valence-electron chi connectivity index (χ3n) is 3.85. The Morgan fingerprint density at radius 1 is 1.36 bits per heavy atom. The molecule has 1 aromatic heterocycles. The molecule has 0 fully saturated rings. The van der Waals surface area contributed by atoms with Gasteiger partial charge in [-0.05, 0) is 39.4 Å². The Morgan fingerprint density at radius 3 is 2.77 bits per heavy atom. The number of carbonyl (C=O) groups is 1. The van der Waals surface area contributed by atoms with E-state index in [9.17, 15) is 4.79 Å². The van der Waals surface area contributed by atoms with Crippen molar-refractivity contribution in [3.63, 3.8) is 0 Å². The van der Waals surface area contributed by atoms with E-state index in [1.54, 1.807) is 11.3 Å². The van der Waals surface area contributed by atoms with Gasteiger partial charge in [0.2, 0.25) is 5.91 Å². The topological polar surface area (TPSA) is 45.2 Å². The SMILES string of the molecule is CCC[C@H](C)NC(=O)CN(C)[C@@H](C)c1nc2ccccc2s1. The molecule has 4 nitrogen and oxygen atoms in total. The Hall–Kier alpha value is -1.46. The highest BCUT2D eigenvalue weighted by Crippen LogP contribution is 2.28. The van der Waals surface area contributed by atoms with Crippen LogP contribution in [-0.4, -0.2) is 35.4 Å². The maximum atomic E-state index is 12.1. The van der Waals surface area contributed by atoms with Crippen molar-refractivity contribution in [2.75, 3.05) is 13.6 Å². The Kier molecular flexibility index (Phi) is 5.91. The standard InChI is InChI=1S/C17H25N3OS/c1-5-8-12(2)18-16(21)11-20(4)13(3)17-19-14-9-6-7-10-15(14)22-17/h6-7,9-10,12-13H,5,8,11H2,1-4H3,(H,18,21)/t12-,13-/m0/s1. The fourth-order valence-corrected chi connectivity index (χ4v) is 3.53. The van der Waals surface area contributed by atoms with Gasteiger partial charge in [-0.25, -0.2) is 4.98 Å². The smallest absolute Gasteiger partial charge is 0.234 e. The molecule has 0 aliphatic heterocycles. The number of likely N-dealkylation sites (N-methyl/N-ethyl adjacent to an activating group) is 1. The number of fused-ring (bicyclic) bond motifs is 1.